The van der Waals surface area contributed by atoms with E-state index >= 15 is 0 Å². The Morgan fingerprint density at radius 1 is 0.917 bits per heavy atom. The highest BCUT2D eigenvalue weighted by molar-refractivity contribution is 6.27. The van der Waals surface area contributed by atoms with Gasteiger partial charge in [-0.25, -0.2) is 0 Å². The molecule has 118 valence electrons. The molecule has 5 nitrogen and oxygen atoms in total. The van der Waals surface area contributed by atoms with Crippen molar-refractivity contribution >= 4 is 17.5 Å². The highest BCUT2D eigenvalue weighted by Gasteiger charge is 2.42. The molecule has 2 aromatic rings. The summed E-state index contributed by atoms with van der Waals surface area (Å²) in [6.45, 7) is 0. The first kappa shape index (κ1) is 14.4. The third-order valence-corrected chi connectivity index (χ3v) is 4.32. The van der Waals surface area contributed by atoms with E-state index in [0.717, 1.165) is 0 Å². The van der Waals surface area contributed by atoms with Gasteiger partial charge in [-0.1, -0.05) is 36.4 Å². The Labute approximate surface area is 137 Å². The Morgan fingerprint density at radius 2 is 1.62 bits per heavy atom. The van der Waals surface area contributed by atoms with E-state index in [0.29, 0.717) is 11.1 Å². The van der Waals surface area contributed by atoms with Gasteiger partial charge in [0.15, 0.2) is 11.5 Å². The van der Waals surface area contributed by atoms with Crippen LogP contribution in [0.15, 0.2) is 59.9 Å². The van der Waals surface area contributed by atoms with Crippen molar-refractivity contribution in [1.82, 2.24) is 0 Å². The molecular weight excluding hydrogens is 308 g/mol. The van der Waals surface area contributed by atoms with Crippen LogP contribution in [0.5, 0.6) is 5.75 Å². The van der Waals surface area contributed by atoms with Crippen LogP contribution in [0.3, 0.4) is 0 Å². The lowest BCUT2D eigenvalue weighted by Crippen LogP contribution is -2.32. The number of aromatic hydroxyl groups is 1. The van der Waals surface area contributed by atoms with Gasteiger partial charge in [0, 0.05) is 17.0 Å². The predicted molar refractivity (Wildman–Crippen MR) is 83.7 cm³/mol. The molecule has 1 aliphatic carbocycles. The van der Waals surface area contributed by atoms with Crippen LogP contribution >= 0.6 is 0 Å². The number of ketones is 2. The first-order valence-electron chi connectivity index (χ1n) is 7.48. The number of ether oxygens (including phenoxy) is 1. The van der Waals surface area contributed by atoms with Gasteiger partial charge < -0.3 is 9.84 Å². The topological polar surface area (TPSA) is 80.7 Å². The zero-order valence-electron chi connectivity index (χ0n) is 12.5. The van der Waals surface area contributed by atoms with Crippen LogP contribution in [0, 0.1) is 0 Å². The Hall–Kier alpha value is -3.21. The summed E-state index contributed by atoms with van der Waals surface area (Å²) >= 11 is 0. The fourth-order valence-electron chi connectivity index (χ4n) is 3.24. The number of benzene rings is 2. The van der Waals surface area contributed by atoms with Crippen LogP contribution in [-0.2, 0) is 9.53 Å². The van der Waals surface area contributed by atoms with Crippen molar-refractivity contribution in [1.29, 1.82) is 0 Å². The highest BCUT2D eigenvalue weighted by atomic mass is 16.5. The second-order valence-electron chi connectivity index (χ2n) is 5.77. The molecule has 0 amide bonds. The number of carbonyl (C=O) groups is 3. The lowest BCUT2D eigenvalue weighted by Gasteiger charge is -2.29. The number of esters is 1. The van der Waals surface area contributed by atoms with Crippen LogP contribution in [0.25, 0.3) is 0 Å². The van der Waals surface area contributed by atoms with Crippen molar-refractivity contribution < 1.29 is 24.2 Å². The van der Waals surface area contributed by atoms with E-state index in [1.54, 1.807) is 36.4 Å². The van der Waals surface area contributed by atoms with Crippen molar-refractivity contribution in [2.24, 2.45) is 0 Å². The van der Waals surface area contributed by atoms with E-state index < -0.39 is 17.7 Å². The fourth-order valence-corrected chi connectivity index (χ4v) is 3.24. The van der Waals surface area contributed by atoms with Crippen molar-refractivity contribution in [3.05, 3.63) is 76.6 Å². The molecule has 0 aromatic heterocycles. The zero-order valence-corrected chi connectivity index (χ0v) is 12.5. The second kappa shape index (κ2) is 5.16. The van der Waals surface area contributed by atoms with E-state index in [9.17, 15) is 19.5 Å². The summed E-state index contributed by atoms with van der Waals surface area (Å²) in [4.78, 5) is 37.5. The van der Waals surface area contributed by atoms with Crippen molar-refractivity contribution in [3.8, 4) is 5.75 Å². The SMILES string of the molecule is O=C1CC(c2cccc(O)c2)C2=C(O1)C(=O)c1ccccc1C2=O. The van der Waals surface area contributed by atoms with Crippen LogP contribution in [0.1, 0.15) is 38.6 Å². The van der Waals surface area contributed by atoms with Gasteiger partial charge in [-0.05, 0) is 17.7 Å². The molecule has 1 atom stereocenters. The van der Waals surface area contributed by atoms with Gasteiger partial charge in [0.05, 0.1) is 12.0 Å². The summed E-state index contributed by atoms with van der Waals surface area (Å²) in [6.07, 6.45) is -0.0521. The van der Waals surface area contributed by atoms with Gasteiger partial charge in [0.2, 0.25) is 5.78 Å². The number of hydrogen-bond acceptors (Lipinski definition) is 5. The number of Topliss-reactive ketones (excluding diaryl/α,β-unsaturated/α-hetero) is 2. The molecule has 0 radical (unpaired) electrons. The molecular formula is C19H12O5. The largest absolute Gasteiger partial charge is 0.508 e. The molecule has 4 rings (SSSR count). The molecule has 0 spiro atoms. The first-order valence-corrected chi connectivity index (χ1v) is 7.48. The minimum Gasteiger partial charge on any atom is -0.508 e. The molecule has 0 saturated carbocycles. The monoisotopic (exact) mass is 320 g/mol. The summed E-state index contributed by atoms with van der Waals surface area (Å²) in [5, 5.41) is 9.70. The standard InChI is InChI=1S/C19H12O5/c20-11-5-3-4-10(8-11)14-9-15(21)24-19-16(14)17(22)12-6-1-2-7-13(12)18(19)23/h1-8,14,20H,9H2. The summed E-state index contributed by atoms with van der Waals surface area (Å²) in [7, 11) is 0. The zero-order chi connectivity index (χ0) is 16.8. The lowest BCUT2D eigenvalue weighted by atomic mass is 9.77. The van der Waals surface area contributed by atoms with Gasteiger partial charge in [0.25, 0.3) is 0 Å². The Balaban J connectivity index is 1.92. The molecule has 0 saturated heterocycles. The molecule has 0 bridgehead atoms. The van der Waals surface area contributed by atoms with E-state index in [1.807, 2.05) is 0 Å². The Morgan fingerprint density at radius 3 is 2.33 bits per heavy atom. The van der Waals surface area contributed by atoms with Crippen LogP contribution < -0.4 is 0 Å². The highest BCUT2D eigenvalue weighted by Crippen LogP contribution is 2.41. The number of carbonyl (C=O) groups excluding carboxylic acids is 3. The average Bonchev–Trinajstić information content (AvgIpc) is 2.59. The van der Waals surface area contributed by atoms with Crippen LogP contribution in [0.4, 0.5) is 0 Å². The number of phenols is 1. The summed E-state index contributed by atoms with van der Waals surface area (Å²) < 4.78 is 5.12. The predicted octanol–water partition coefficient (Wildman–Crippen LogP) is 2.76. The molecule has 2 aliphatic rings. The molecule has 24 heavy (non-hydrogen) atoms. The summed E-state index contributed by atoms with van der Waals surface area (Å²) in [5.74, 6) is -2.12. The Kier molecular flexibility index (Phi) is 3.09. The summed E-state index contributed by atoms with van der Waals surface area (Å²) in [5.41, 5.74) is 1.33. The lowest BCUT2D eigenvalue weighted by molar-refractivity contribution is -0.140. The van der Waals surface area contributed by atoms with Crippen LogP contribution in [0.2, 0.25) is 0 Å². The molecule has 1 N–H and O–H groups in total. The Bertz CT molecular complexity index is 938. The second-order valence-corrected chi connectivity index (χ2v) is 5.77. The molecule has 0 fully saturated rings. The number of phenolic OH excluding ortho intramolecular Hbond substituents is 1. The summed E-state index contributed by atoms with van der Waals surface area (Å²) in [6, 6.07) is 12.8. The third-order valence-electron chi connectivity index (χ3n) is 4.32. The maximum absolute atomic E-state index is 12.9. The maximum Gasteiger partial charge on any atom is 0.312 e. The molecule has 1 aliphatic heterocycles. The van der Waals surface area contributed by atoms with Crippen molar-refractivity contribution in [2.75, 3.05) is 0 Å². The third kappa shape index (κ3) is 2.06. The number of fused-ring (bicyclic) bond motifs is 1. The minimum atomic E-state index is -0.613. The molecule has 1 unspecified atom stereocenters. The van der Waals surface area contributed by atoms with E-state index in [1.165, 1.54) is 12.1 Å². The first-order chi connectivity index (χ1) is 11.6. The number of rotatable bonds is 1. The van der Waals surface area contributed by atoms with Crippen LogP contribution in [-0.4, -0.2) is 22.6 Å². The van der Waals surface area contributed by atoms with Crippen molar-refractivity contribution in [2.45, 2.75) is 12.3 Å². The number of allylic oxidation sites excluding steroid dienone is 2. The maximum atomic E-state index is 12.9. The van der Waals surface area contributed by atoms with Gasteiger partial charge in [-0.15, -0.1) is 0 Å². The van der Waals surface area contributed by atoms with Crippen molar-refractivity contribution in [3.63, 3.8) is 0 Å². The normalized spacial score (nSPS) is 19.7. The molecule has 5 heteroatoms. The van der Waals surface area contributed by atoms with E-state index in [-0.39, 0.29) is 34.8 Å². The average molecular weight is 320 g/mol. The minimum absolute atomic E-state index is 0.0311. The quantitative estimate of drug-likeness (QED) is 0.817. The van der Waals surface area contributed by atoms with E-state index in [2.05, 4.69) is 0 Å². The van der Waals surface area contributed by atoms with Gasteiger partial charge in [-0.2, -0.15) is 0 Å². The number of hydrogen-bond donors (Lipinski definition) is 1. The van der Waals surface area contributed by atoms with Gasteiger partial charge in [-0.3, -0.25) is 14.4 Å². The fraction of sp³-hybridized carbons (Fsp3) is 0.105. The smallest absolute Gasteiger partial charge is 0.312 e. The molecule has 1 heterocycles. The van der Waals surface area contributed by atoms with Gasteiger partial charge in [0.1, 0.15) is 5.75 Å². The van der Waals surface area contributed by atoms with Gasteiger partial charge >= 0.3 is 5.97 Å². The molecule has 2 aromatic carbocycles. The van der Waals surface area contributed by atoms with E-state index in [4.69, 9.17) is 4.74 Å².